The fourth-order valence-corrected chi connectivity index (χ4v) is 3.51. The van der Waals surface area contributed by atoms with E-state index in [4.69, 9.17) is 0 Å². The summed E-state index contributed by atoms with van der Waals surface area (Å²) in [5.74, 6) is -0.602. The van der Waals surface area contributed by atoms with E-state index < -0.39 is 15.9 Å². The molecule has 0 bridgehead atoms. The van der Waals surface area contributed by atoms with Crippen LogP contribution in [0.15, 0.2) is 59.5 Å². The molecule has 2 rings (SSSR count). The van der Waals surface area contributed by atoms with Crippen LogP contribution in [-0.4, -0.2) is 44.8 Å². The zero-order valence-corrected chi connectivity index (χ0v) is 16.1. The number of hydrogen-bond acceptors (Lipinski definition) is 4. The van der Waals surface area contributed by atoms with Gasteiger partial charge in [-0.1, -0.05) is 18.2 Å². The number of nitrogens with one attached hydrogen (secondary N) is 2. The van der Waals surface area contributed by atoms with Gasteiger partial charge in [0.2, 0.25) is 5.91 Å². The van der Waals surface area contributed by atoms with Gasteiger partial charge in [0.1, 0.15) is 0 Å². The van der Waals surface area contributed by atoms with Gasteiger partial charge in [0, 0.05) is 24.3 Å². The van der Waals surface area contributed by atoms with Crippen molar-refractivity contribution in [3.8, 4) is 0 Å². The zero-order valence-electron chi connectivity index (χ0n) is 15.3. The lowest BCUT2D eigenvalue weighted by molar-refractivity contribution is -0.129. The number of rotatable bonds is 8. The summed E-state index contributed by atoms with van der Waals surface area (Å²) < 4.78 is 27.2. The van der Waals surface area contributed by atoms with Gasteiger partial charge in [0.05, 0.1) is 11.4 Å². The van der Waals surface area contributed by atoms with Crippen LogP contribution in [0.3, 0.4) is 0 Å². The molecule has 7 nitrogen and oxygen atoms in total. The molecule has 0 unspecified atom stereocenters. The first-order chi connectivity index (χ1) is 12.9. The minimum absolute atomic E-state index is 0.0436. The third-order valence-corrected chi connectivity index (χ3v) is 5.37. The predicted molar refractivity (Wildman–Crippen MR) is 104 cm³/mol. The van der Waals surface area contributed by atoms with Crippen molar-refractivity contribution in [1.29, 1.82) is 0 Å². The van der Waals surface area contributed by atoms with E-state index in [9.17, 15) is 18.0 Å². The minimum Gasteiger partial charge on any atom is -0.343 e. The molecule has 0 aliphatic rings. The molecule has 2 aromatic rings. The van der Waals surface area contributed by atoms with E-state index in [1.54, 1.807) is 35.2 Å². The van der Waals surface area contributed by atoms with E-state index in [1.807, 2.05) is 13.8 Å². The molecule has 0 radical (unpaired) electrons. The number of amides is 2. The van der Waals surface area contributed by atoms with Crippen molar-refractivity contribution >= 4 is 27.5 Å². The molecule has 2 aromatic carbocycles. The molecule has 0 aliphatic heterocycles. The number of para-hydroxylation sites is 1. The fourth-order valence-electron chi connectivity index (χ4n) is 2.45. The number of sulfonamides is 1. The van der Waals surface area contributed by atoms with Crippen molar-refractivity contribution in [1.82, 2.24) is 10.2 Å². The van der Waals surface area contributed by atoms with Crippen molar-refractivity contribution in [3.05, 3.63) is 60.2 Å². The van der Waals surface area contributed by atoms with Crippen LogP contribution in [-0.2, 0) is 14.8 Å². The van der Waals surface area contributed by atoms with Gasteiger partial charge in [-0.25, -0.2) is 8.42 Å². The van der Waals surface area contributed by atoms with Crippen LogP contribution >= 0.6 is 0 Å². The number of benzene rings is 2. The Balaban J connectivity index is 2.01. The zero-order chi connectivity index (χ0) is 19.9. The van der Waals surface area contributed by atoms with Gasteiger partial charge in [0.25, 0.3) is 15.9 Å². The van der Waals surface area contributed by atoms with Gasteiger partial charge in [-0.15, -0.1) is 0 Å². The summed E-state index contributed by atoms with van der Waals surface area (Å²) in [4.78, 5) is 25.7. The van der Waals surface area contributed by atoms with E-state index in [-0.39, 0.29) is 22.9 Å². The molecule has 0 atom stereocenters. The standard InChI is InChI=1S/C19H23N3O4S/c1-3-22(4-2)18(23)14-20-19(24)15-10-12-17(13-11-15)27(25,26)21-16-8-6-5-7-9-16/h5-13,21H,3-4,14H2,1-2H3,(H,20,24). The molecule has 144 valence electrons. The highest BCUT2D eigenvalue weighted by Crippen LogP contribution is 2.16. The summed E-state index contributed by atoms with van der Waals surface area (Å²) in [5.41, 5.74) is 0.732. The third kappa shape index (κ3) is 5.55. The summed E-state index contributed by atoms with van der Waals surface area (Å²) >= 11 is 0. The Kier molecular flexibility index (Phi) is 6.95. The van der Waals surface area contributed by atoms with Crippen LogP contribution in [0.2, 0.25) is 0 Å². The summed E-state index contributed by atoms with van der Waals surface area (Å²) in [6.45, 7) is 4.78. The second-order valence-electron chi connectivity index (χ2n) is 5.74. The Labute approximate surface area is 159 Å². The summed E-state index contributed by atoms with van der Waals surface area (Å²) in [7, 11) is -3.74. The van der Waals surface area contributed by atoms with Gasteiger partial charge in [-0.05, 0) is 50.2 Å². The highest BCUT2D eigenvalue weighted by atomic mass is 32.2. The van der Waals surface area contributed by atoms with E-state index in [0.29, 0.717) is 18.8 Å². The van der Waals surface area contributed by atoms with Gasteiger partial charge in [-0.2, -0.15) is 0 Å². The van der Waals surface area contributed by atoms with Crippen molar-refractivity contribution in [2.24, 2.45) is 0 Å². The van der Waals surface area contributed by atoms with E-state index in [1.165, 1.54) is 24.3 Å². The van der Waals surface area contributed by atoms with E-state index in [2.05, 4.69) is 10.0 Å². The first-order valence-corrected chi connectivity index (χ1v) is 10.1. The Bertz CT molecular complexity index is 877. The van der Waals surface area contributed by atoms with E-state index >= 15 is 0 Å². The SMILES string of the molecule is CCN(CC)C(=O)CNC(=O)c1ccc(S(=O)(=O)Nc2ccccc2)cc1. The molecule has 0 heterocycles. The predicted octanol–water partition coefficient (Wildman–Crippen LogP) is 2.09. The summed E-state index contributed by atoms with van der Waals surface area (Å²) in [6, 6.07) is 14.1. The molecule has 0 aromatic heterocycles. The molecular formula is C19H23N3O4S. The second kappa shape index (κ2) is 9.18. The lowest BCUT2D eigenvalue weighted by Gasteiger charge is -2.18. The number of hydrogen-bond donors (Lipinski definition) is 2. The van der Waals surface area contributed by atoms with Crippen LogP contribution in [0.5, 0.6) is 0 Å². The molecule has 0 spiro atoms. The van der Waals surface area contributed by atoms with Gasteiger partial charge < -0.3 is 10.2 Å². The molecule has 0 saturated heterocycles. The van der Waals surface area contributed by atoms with Gasteiger partial charge in [0.15, 0.2) is 0 Å². The van der Waals surface area contributed by atoms with Crippen molar-refractivity contribution in [2.45, 2.75) is 18.7 Å². The molecule has 8 heteroatoms. The molecule has 0 saturated carbocycles. The molecule has 2 N–H and O–H groups in total. The van der Waals surface area contributed by atoms with Crippen molar-refractivity contribution in [2.75, 3.05) is 24.4 Å². The van der Waals surface area contributed by atoms with Gasteiger partial charge in [-0.3, -0.25) is 14.3 Å². The maximum atomic E-state index is 12.4. The maximum Gasteiger partial charge on any atom is 0.261 e. The Morgan fingerprint density at radius 2 is 1.52 bits per heavy atom. The number of carbonyl (C=O) groups excluding carboxylic acids is 2. The first kappa shape index (κ1) is 20.4. The lowest BCUT2D eigenvalue weighted by atomic mass is 10.2. The fraction of sp³-hybridized carbons (Fsp3) is 0.263. The second-order valence-corrected chi connectivity index (χ2v) is 7.43. The Morgan fingerprint density at radius 3 is 2.07 bits per heavy atom. The van der Waals surface area contributed by atoms with Crippen molar-refractivity contribution in [3.63, 3.8) is 0 Å². The Morgan fingerprint density at radius 1 is 0.926 bits per heavy atom. The summed E-state index contributed by atoms with van der Waals surface area (Å²) in [5, 5.41) is 2.55. The normalized spacial score (nSPS) is 10.9. The van der Waals surface area contributed by atoms with Crippen LogP contribution in [0.1, 0.15) is 24.2 Å². The van der Waals surface area contributed by atoms with Gasteiger partial charge >= 0.3 is 0 Å². The molecule has 0 aliphatic carbocycles. The smallest absolute Gasteiger partial charge is 0.261 e. The summed E-state index contributed by atoms with van der Waals surface area (Å²) in [6.07, 6.45) is 0. The number of nitrogens with zero attached hydrogens (tertiary/aromatic N) is 1. The van der Waals surface area contributed by atoms with Crippen molar-refractivity contribution < 1.29 is 18.0 Å². The highest BCUT2D eigenvalue weighted by molar-refractivity contribution is 7.92. The third-order valence-electron chi connectivity index (χ3n) is 3.97. The van der Waals surface area contributed by atoms with Crippen LogP contribution < -0.4 is 10.0 Å². The minimum atomic E-state index is -3.74. The van der Waals surface area contributed by atoms with Crippen LogP contribution in [0.25, 0.3) is 0 Å². The molecule has 0 fully saturated rings. The highest BCUT2D eigenvalue weighted by Gasteiger charge is 2.16. The molecular weight excluding hydrogens is 366 g/mol. The quantitative estimate of drug-likeness (QED) is 0.723. The molecule has 2 amide bonds. The Hall–Kier alpha value is -2.87. The number of likely N-dealkylation sites (N-methyl/N-ethyl adjacent to an activating group) is 1. The number of anilines is 1. The number of carbonyl (C=O) groups is 2. The topological polar surface area (TPSA) is 95.6 Å². The van der Waals surface area contributed by atoms with Crippen LogP contribution in [0.4, 0.5) is 5.69 Å². The lowest BCUT2D eigenvalue weighted by Crippen LogP contribution is -2.40. The average Bonchev–Trinajstić information content (AvgIpc) is 2.67. The largest absolute Gasteiger partial charge is 0.343 e. The molecule has 27 heavy (non-hydrogen) atoms. The van der Waals surface area contributed by atoms with E-state index in [0.717, 1.165) is 0 Å². The van der Waals surface area contributed by atoms with Crippen LogP contribution in [0, 0.1) is 0 Å². The first-order valence-electron chi connectivity index (χ1n) is 8.61. The average molecular weight is 389 g/mol. The maximum absolute atomic E-state index is 12.4. The monoisotopic (exact) mass is 389 g/mol.